The van der Waals surface area contributed by atoms with Gasteiger partial charge in [0.1, 0.15) is 15.8 Å². The van der Waals surface area contributed by atoms with Gasteiger partial charge in [-0.05, 0) is 44.4 Å². The van der Waals surface area contributed by atoms with Crippen molar-refractivity contribution >= 4 is 17.3 Å². The standard InChI is InChI=1S/C23H32F3N5OS/c1-3-4-5-6-7-8-14-32-18-11-10-16(15-17(18)23(24,25)26)19-29-30-20(33-19)22(2)12-9-13-31(22)21(27)28/h10-11,15H,3-9,12-14H2,1-2H3,(H3,27,28). The maximum absolute atomic E-state index is 13.8. The van der Waals surface area contributed by atoms with Crippen molar-refractivity contribution in [3.8, 4) is 16.3 Å². The summed E-state index contributed by atoms with van der Waals surface area (Å²) in [6, 6.07) is 4.05. The Morgan fingerprint density at radius 2 is 1.94 bits per heavy atom. The van der Waals surface area contributed by atoms with Crippen molar-refractivity contribution in [2.45, 2.75) is 76.9 Å². The van der Waals surface area contributed by atoms with E-state index in [1.807, 2.05) is 6.92 Å². The number of nitrogens with two attached hydrogens (primary N) is 1. The highest BCUT2D eigenvalue weighted by molar-refractivity contribution is 7.14. The molecule has 1 fully saturated rings. The number of hydrogen-bond acceptors (Lipinski definition) is 5. The number of guanidine groups is 1. The Bertz CT molecular complexity index is 948. The van der Waals surface area contributed by atoms with Gasteiger partial charge in [-0.1, -0.05) is 50.4 Å². The maximum Gasteiger partial charge on any atom is 0.419 e. The molecule has 1 aromatic carbocycles. The molecule has 1 aliphatic rings. The number of nitrogens with zero attached hydrogens (tertiary/aromatic N) is 3. The first-order valence-corrected chi connectivity index (χ1v) is 12.3. The van der Waals surface area contributed by atoms with E-state index in [1.54, 1.807) is 11.0 Å². The third-order valence-corrected chi connectivity index (χ3v) is 7.33. The second-order valence-electron chi connectivity index (χ2n) is 8.65. The second kappa shape index (κ2) is 10.7. The summed E-state index contributed by atoms with van der Waals surface area (Å²) >= 11 is 1.24. The molecular weight excluding hydrogens is 451 g/mol. The lowest BCUT2D eigenvalue weighted by Gasteiger charge is -2.33. The summed E-state index contributed by atoms with van der Waals surface area (Å²) in [6.07, 6.45) is 3.29. The second-order valence-corrected chi connectivity index (χ2v) is 9.63. The van der Waals surface area contributed by atoms with Crippen LogP contribution in [0.3, 0.4) is 0 Å². The molecule has 0 radical (unpaired) electrons. The van der Waals surface area contributed by atoms with Crippen LogP contribution in [-0.2, 0) is 11.7 Å². The molecule has 6 nitrogen and oxygen atoms in total. The summed E-state index contributed by atoms with van der Waals surface area (Å²) in [5.74, 6) is -0.201. The van der Waals surface area contributed by atoms with E-state index in [0.717, 1.165) is 51.0 Å². The molecule has 1 atom stereocenters. The summed E-state index contributed by atoms with van der Waals surface area (Å²) in [5, 5.41) is 17.3. The number of hydrogen-bond donors (Lipinski definition) is 2. The third-order valence-electron chi connectivity index (χ3n) is 6.10. The fourth-order valence-electron chi connectivity index (χ4n) is 4.20. The summed E-state index contributed by atoms with van der Waals surface area (Å²) in [5.41, 5.74) is 4.68. The molecule has 0 bridgehead atoms. The number of alkyl halides is 3. The molecule has 0 saturated carbocycles. The van der Waals surface area contributed by atoms with Crippen molar-refractivity contribution < 1.29 is 17.9 Å². The number of aromatic nitrogens is 2. The molecule has 1 saturated heterocycles. The lowest BCUT2D eigenvalue weighted by molar-refractivity contribution is -0.138. The third kappa shape index (κ3) is 5.96. The molecule has 1 aromatic heterocycles. The molecule has 33 heavy (non-hydrogen) atoms. The van der Waals surface area contributed by atoms with Crippen molar-refractivity contribution in [3.63, 3.8) is 0 Å². The van der Waals surface area contributed by atoms with Crippen molar-refractivity contribution in [2.24, 2.45) is 5.73 Å². The number of nitrogens with one attached hydrogen (secondary N) is 1. The van der Waals surface area contributed by atoms with Gasteiger partial charge in [-0.25, -0.2) is 0 Å². The van der Waals surface area contributed by atoms with E-state index in [4.69, 9.17) is 15.9 Å². The monoisotopic (exact) mass is 483 g/mol. The Morgan fingerprint density at radius 3 is 2.64 bits per heavy atom. The van der Waals surface area contributed by atoms with Crippen LogP contribution in [0.2, 0.25) is 0 Å². The predicted octanol–water partition coefficient (Wildman–Crippen LogP) is 6.17. The number of halogens is 3. The quantitative estimate of drug-likeness (QED) is 0.240. The number of ether oxygens (including phenoxy) is 1. The van der Waals surface area contributed by atoms with Gasteiger partial charge in [-0.15, -0.1) is 10.2 Å². The van der Waals surface area contributed by atoms with Gasteiger partial charge in [0.25, 0.3) is 0 Å². The van der Waals surface area contributed by atoms with Crippen LogP contribution in [0.5, 0.6) is 5.75 Å². The van der Waals surface area contributed by atoms with Crippen LogP contribution in [0.4, 0.5) is 13.2 Å². The van der Waals surface area contributed by atoms with Gasteiger partial charge < -0.3 is 15.4 Å². The molecule has 1 aliphatic heterocycles. The van der Waals surface area contributed by atoms with E-state index >= 15 is 0 Å². The highest BCUT2D eigenvalue weighted by atomic mass is 32.1. The Balaban J connectivity index is 1.75. The molecule has 3 rings (SSSR count). The number of likely N-dealkylation sites (tertiary alicyclic amines) is 1. The van der Waals surface area contributed by atoms with Gasteiger partial charge in [0.2, 0.25) is 0 Å². The van der Waals surface area contributed by atoms with Crippen LogP contribution in [0.15, 0.2) is 18.2 Å². The lowest BCUT2D eigenvalue weighted by Crippen LogP contribution is -2.46. The molecule has 2 aromatic rings. The zero-order valence-electron chi connectivity index (χ0n) is 19.2. The number of unbranched alkanes of at least 4 members (excludes halogenated alkanes) is 5. The summed E-state index contributed by atoms with van der Waals surface area (Å²) in [4.78, 5) is 1.76. The fourth-order valence-corrected chi connectivity index (χ4v) is 5.23. The van der Waals surface area contributed by atoms with Gasteiger partial charge in [-0.2, -0.15) is 13.2 Å². The van der Waals surface area contributed by atoms with Crippen molar-refractivity contribution in [1.29, 1.82) is 5.41 Å². The smallest absolute Gasteiger partial charge is 0.419 e. The van der Waals surface area contributed by atoms with Crippen molar-refractivity contribution in [3.05, 3.63) is 28.8 Å². The minimum Gasteiger partial charge on any atom is -0.493 e. The topological polar surface area (TPSA) is 88.1 Å². The van der Waals surface area contributed by atoms with E-state index in [2.05, 4.69) is 17.1 Å². The molecule has 182 valence electrons. The van der Waals surface area contributed by atoms with Crippen LogP contribution in [0.25, 0.3) is 10.6 Å². The van der Waals surface area contributed by atoms with E-state index < -0.39 is 17.3 Å². The SMILES string of the molecule is CCCCCCCCOc1ccc(-c2nnc(C3(C)CCCN3C(=N)N)s2)cc1C(F)(F)F. The van der Waals surface area contributed by atoms with Crippen LogP contribution < -0.4 is 10.5 Å². The fraction of sp³-hybridized carbons (Fsp3) is 0.609. The molecule has 10 heteroatoms. The van der Waals surface area contributed by atoms with Gasteiger partial charge in [0, 0.05) is 12.1 Å². The van der Waals surface area contributed by atoms with Gasteiger partial charge in [0.15, 0.2) is 5.96 Å². The average Bonchev–Trinajstić information content (AvgIpc) is 3.40. The molecule has 1 unspecified atom stereocenters. The maximum atomic E-state index is 13.8. The molecule has 0 aliphatic carbocycles. The molecule has 3 N–H and O–H groups in total. The number of rotatable bonds is 10. The highest BCUT2D eigenvalue weighted by Gasteiger charge is 2.42. The summed E-state index contributed by atoms with van der Waals surface area (Å²) < 4.78 is 46.8. The molecule has 2 heterocycles. The summed E-state index contributed by atoms with van der Waals surface area (Å²) in [6.45, 7) is 4.98. The van der Waals surface area contributed by atoms with E-state index in [1.165, 1.54) is 23.8 Å². The van der Waals surface area contributed by atoms with Crippen molar-refractivity contribution in [1.82, 2.24) is 15.1 Å². The molecular formula is C23H32F3N5OS. The zero-order valence-corrected chi connectivity index (χ0v) is 20.0. The lowest BCUT2D eigenvalue weighted by atomic mass is 10.0. The Labute approximate surface area is 196 Å². The van der Waals surface area contributed by atoms with E-state index in [0.29, 0.717) is 22.1 Å². The highest BCUT2D eigenvalue weighted by Crippen LogP contribution is 2.43. The van der Waals surface area contributed by atoms with Crippen LogP contribution in [0, 0.1) is 5.41 Å². The van der Waals surface area contributed by atoms with E-state index in [9.17, 15) is 13.2 Å². The molecule has 0 spiro atoms. The normalized spacial score (nSPS) is 18.6. The summed E-state index contributed by atoms with van der Waals surface area (Å²) in [7, 11) is 0. The Kier molecular flexibility index (Phi) is 8.20. The minimum absolute atomic E-state index is 0.0435. The predicted molar refractivity (Wildman–Crippen MR) is 124 cm³/mol. The van der Waals surface area contributed by atoms with Gasteiger partial charge >= 0.3 is 6.18 Å². The Morgan fingerprint density at radius 1 is 1.21 bits per heavy atom. The van der Waals surface area contributed by atoms with E-state index in [-0.39, 0.29) is 18.3 Å². The van der Waals surface area contributed by atoms with Gasteiger partial charge in [-0.3, -0.25) is 5.41 Å². The van der Waals surface area contributed by atoms with Crippen LogP contribution in [-0.4, -0.2) is 34.2 Å². The van der Waals surface area contributed by atoms with Gasteiger partial charge in [0.05, 0.1) is 17.7 Å². The largest absolute Gasteiger partial charge is 0.493 e. The zero-order chi connectivity index (χ0) is 24.1. The first-order valence-electron chi connectivity index (χ1n) is 11.5. The first kappa shape index (κ1) is 25.3. The van der Waals surface area contributed by atoms with Crippen LogP contribution in [0.1, 0.15) is 75.8 Å². The minimum atomic E-state index is -4.54. The Hall–Kier alpha value is -2.36. The first-order chi connectivity index (χ1) is 15.7. The molecule has 0 amide bonds. The average molecular weight is 484 g/mol. The van der Waals surface area contributed by atoms with Crippen LogP contribution >= 0.6 is 11.3 Å². The number of benzene rings is 1. The van der Waals surface area contributed by atoms with Crippen molar-refractivity contribution in [2.75, 3.05) is 13.2 Å².